The highest BCUT2D eigenvalue weighted by Gasteiger charge is 2.20. The first-order chi connectivity index (χ1) is 4.09. The van der Waals surface area contributed by atoms with Gasteiger partial charge >= 0.3 is 0 Å². The van der Waals surface area contributed by atoms with E-state index in [2.05, 4.69) is 5.73 Å². The van der Waals surface area contributed by atoms with Crippen molar-refractivity contribution in [3.8, 4) is 6.07 Å². The zero-order chi connectivity index (χ0) is 7.44. The van der Waals surface area contributed by atoms with Crippen molar-refractivity contribution in [3.05, 3.63) is 0 Å². The van der Waals surface area contributed by atoms with Crippen LogP contribution in [0.4, 0.5) is 0 Å². The van der Waals surface area contributed by atoms with Crippen molar-refractivity contribution >= 4 is 5.91 Å². The number of hydrogen-bond donors (Lipinski definition) is 3. The van der Waals surface area contributed by atoms with Gasteiger partial charge in [0.05, 0.1) is 6.07 Å². The highest BCUT2D eigenvalue weighted by molar-refractivity contribution is 5.79. The van der Waals surface area contributed by atoms with E-state index in [1.807, 2.05) is 0 Å². The lowest BCUT2D eigenvalue weighted by Gasteiger charge is -2.04. The van der Waals surface area contributed by atoms with Crippen LogP contribution in [0.5, 0.6) is 0 Å². The van der Waals surface area contributed by atoms with E-state index in [1.54, 1.807) is 0 Å². The number of aliphatic hydroxyl groups excluding tert-OH is 2. The summed E-state index contributed by atoms with van der Waals surface area (Å²) in [4.78, 5) is 9.96. The summed E-state index contributed by atoms with van der Waals surface area (Å²) < 4.78 is 0. The van der Waals surface area contributed by atoms with E-state index < -0.39 is 18.1 Å². The van der Waals surface area contributed by atoms with Crippen LogP contribution in [0.25, 0.3) is 0 Å². The second-order valence-corrected chi connectivity index (χ2v) is 1.42. The molecule has 2 atom stereocenters. The summed E-state index contributed by atoms with van der Waals surface area (Å²) in [7, 11) is 0. The molecule has 0 radical (unpaired) electrons. The number of carbonyl (C=O) groups excluding carboxylic acids is 1. The Bertz CT molecular complexity index is 150. The molecule has 0 saturated carbocycles. The molecule has 50 valence electrons. The summed E-state index contributed by atoms with van der Waals surface area (Å²) in [5, 5.41) is 24.7. The largest absolute Gasteiger partial charge is 0.380 e. The maximum atomic E-state index is 9.96. The van der Waals surface area contributed by atoms with Gasteiger partial charge in [-0.3, -0.25) is 4.79 Å². The van der Waals surface area contributed by atoms with Gasteiger partial charge in [-0.1, -0.05) is 0 Å². The number of rotatable bonds is 2. The van der Waals surface area contributed by atoms with Gasteiger partial charge in [0.2, 0.25) is 5.91 Å². The Hall–Kier alpha value is -1.12. The molecule has 5 nitrogen and oxygen atoms in total. The molecule has 0 aliphatic heterocycles. The zero-order valence-electron chi connectivity index (χ0n) is 4.48. The molecule has 0 aromatic heterocycles. The summed E-state index contributed by atoms with van der Waals surface area (Å²) in [6.07, 6.45) is -3.50. The molecule has 0 spiro atoms. The van der Waals surface area contributed by atoms with E-state index in [0.717, 1.165) is 0 Å². The van der Waals surface area contributed by atoms with E-state index in [-0.39, 0.29) is 0 Å². The molecule has 0 aliphatic carbocycles. The first-order valence-corrected chi connectivity index (χ1v) is 2.14. The topological polar surface area (TPSA) is 107 Å². The Morgan fingerprint density at radius 1 is 1.67 bits per heavy atom. The molecule has 0 aliphatic rings. The normalized spacial score (nSPS) is 15.7. The number of nitrogens with two attached hydrogens (primary N) is 1. The highest BCUT2D eigenvalue weighted by Crippen LogP contribution is 1.88. The van der Waals surface area contributed by atoms with E-state index >= 15 is 0 Å². The second-order valence-electron chi connectivity index (χ2n) is 1.42. The SMILES string of the molecule is N#C[C@H](O)[C@@H](O)C(N)=O. The van der Waals surface area contributed by atoms with Crippen molar-refractivity contribution in [2.24, 2.45) is 5.73 Å². The highest BCUT2D eigenvalue weighted by atomic mass is 16.3. The first kappa shape index (κ1) is 7.88. The third-order valence-electron chi connectivity index (χ3n) is 0.723. The van der Waals surface area contributed by atoms with Crippen LogP contribution in [0.1, 0.15) is 0 Å². The fourth-order valence-corrected chi connectivity index (χ4v) is 0.226. The van der Waals surface area contributed by atoms with Crippen molar-refractivity contribution in [1.29, 1.82) is 5.26 Å². The summed E-state index contributed by atoms with van der Waals surface area (Å²) in [6, 6.07) is 1.25. The molecule has 1 amide bonds. The molecule has 0 aromatic carbocycles. The van der Waals surface area contributed by atoms with Crippen LogP contribution in [0.15, 0.2) is 0 Å². The fraction of sp³-hybridized carbons (Fsp3) is 0.500. The molecule has 4 N–H and O–H groups in total. The van der Waals surface area contributed by atoms with Crippen LogP contribution in [0.2, 0.25) is 0 Å². The molecule has 0 bridgehead atoms. The number of primary amides is 1. The van der Waals surface area contributed by atoms with Gasteiger partial charge in [-0.05, 0) is 0 Å². The van der Waals surface area contributed by atoms with E-state index in [0.29, 0.717) is 0 Å². The molecule has 0 heterocycles. The Kier molecular flexibility index (Phi) is 2.64. The third-order valence-corrected chi connectivity index (χ3v) is 0.723. The molecule has 0 unspecified atom stereocenters. The smallest absolute Gasteiger partial charge is 0.250 e. The quantitative estimate of drug-likeness (QED) is 0.366. The monoisotopic (exact) mass is 130 g/mol. The van der Waals surface area contributed by atoms with Crippen molar-refractivity contribution in [2.75, 3.05) is 0 Å². The molecule has 5 heteroatoms. The maximum absolute atomic E-state index is 9.96. The van der Waals surface area contributed by atoms with Gasteiger partial charge in [0.1, 0.15) is 0 Å². The number of carbonyl (C=O) groups is 1. The predicted octanol–water partition coefficient (Wildman–Crippen LogP) is -2.28. The Morgan fingerprint density at radius 2 is 2.11 bits per heavy atom. The van der Waals surface area contributed by atoms with Crippen LogP contribution in [-0.2, 0) is 4.79 Å². The molecular formula is C4H6N2O3. The second kappa shape index (κ2) is 3.02. The van der Waals surface area contributed by atoms with E-state index in [4.69, 9.17) is 15.5 Å². The summed E-state index contributed by atoms with van der Waals surface area (Å²) >= 11 is 0. The van der Waals surface area contributed by atoms with Crippen LogP contribution in [0.3, 0.4) is 0 Å². The van der Waals surface area contributed by atoms with E-state index in [1.165, 1.54) is 6.07 Å². The summed E-state index contributed by atoms with van der Waals surface area (Å²) in [6.45, 7) is 0. The van der Waals surface area contributed by atoms with Crippen LogP contribution in [-0.4, -0.2) is 28.3 Å². The predicted molar refractivity (Wildman–Crippen MR) is 26.8 cm³/mol. The summed E-state index contributed by atoms with van der Waals surface area (Å²) in [5.74, 6) is -1.11. The lowest BCUT2D eigenvalue weighted by atomic mass is 10.2. The summed E-state index contributed by atoms with van der Waals surface area (Å²) in [5.41, 5.74) is 4.51. The lowest BCUT2D eigenvalue weighted by Crippen LogP contribution is -2.37. The van der Waals surface area contributed by atoms with Crippen LogP contribution < -0.4 is 5.73 Å². The van der Waals surface area contributed by atoms with Gasteiger partial charge < -0.3 is 15.9 Å². The third kappa shape index (κ3) is 2.08. The number of nitriles is 1. The lowest BCUT2D eigenvalue weighted by molar-refractivity contribution is -0.129. The Labute approximate surface area is 51.3 Å². The van der Waals surface area contributed by atoms with Crippen molar-refractivity contribution in [2.45, 2.75) is 12.2 Å². The number of hydrogen-bond acceptors (Lipinski definition) is 4. The van der Waals surface area contributed by atoms with Gasteiger partial charge in [-0.25, -0.2) is 0 Å². The minimum absolute atomic E-state index is 1.11. The van der Waals surface area contributed by atoms with Crippen molar-refractivity contribution in [3.63, 3.8) is 0 Å². The maximum Gasteiger partial charge on any atom is 0.250 e. The average molecular weight is 130 g/mol. The Morgan fingerprint density at radius 3 is 2.22 bits per heavy atom. The molecule has 0 aromatic rings. The number of amides is 1. The van der Waals surface area contributed by atoms with Gasteiger partial charge in [-0.15, -0.1) is 0 Å². The minimum atomic E-state index is -1.78. The molecule has 0 saturated heterocycles. The van der Waals surface area contributed by atoms with Gasteiger partial charge in [0.15, 0.2) is 12.2 Å². The zero-order valence-corrected chi connectivity index (χ0v) is 4.48. The van der Waals surface area contributed by atoms with Crippen molar-refractivity contribution < 1.29 is 15.0 Å². The molecule has 0 fully saturated rings. The minimum Gasteiger partial charge on any atom is -0.380 e. The van der Waals surface area contributed by atoms with E-state index in [9.17, 15) is 4.79 Å². The first-order valence-electron chi connectivity index (χ1n) is 2.14. The number of aliphatic hydroxyl groups is 2. The van der Waals surface area contributed by atoms with Gasteiger partial charge in [-0.2, -0.15) is 5.26 Å². The standard InChI is InChI=1S/C4H6N2O3/c5-1-2(7)3(8)4(6)9/h2-3,7-8H,(H2,6,9)/t2-,3+/m0/s1. The van der Waals surface area contributed by atoms with Gasteiger partial charge in [0, 0.05) is 0 Å². The number of nitrogens with zero attached hydrogens (tertiary/aromatic N) is 1. The average Bonchev–Trinajstić information content (AvgIpc) is 1.84. The van der Waals surface area contributed by atoms with Crippen molar-refractivity contribution in [1.82, 2.24) is 0 Å². The Balaban J connectivity index is 3.91. The fourth-order valence-electron chi connectivity index (χ4n) is 0.226. The molecule has 9 heavy (non-hydrogen) atoms. The molecular weight excluding hydrogens is 124 g/mol. The van der Waals surface area contributed by atoms with Gasteiger partial charge in [0.25, 0.3) is 0 Å². The molecule has 0 rings (SSSR count). The van der Waals surface area contributed by atoms with Crippen LogP contribution >= 0.6 is 0 Å². The van der Waals surface area contributed by atoms with Crippen LogP contribution in [0, 0.1) is 11.3 Å².